The van der Waals surface area contributed by atoms with Crippen molar-refractivity contribution in [3.63, 3.8) is 0 Å². The van der Waals surface area contributed by atoms with Crippen molar-refractivity contribution >= 4 is 23.1 Å². The third-order valence-corrected chi connectivity index (χ3v) is 4.11. The SMILES string of the molecule is Cc1ccc(C2=NN=C(N)CC2c2ccccc2)cc1Cl. The molecule has 21 heavy (non-hydrogen) atoms. The number of rotatable bonds is 2. The molecule has 1 aliphatic heterocycles. The van der Waals surface area contributed by atoms with Crippen LogP contribution >= 0.6 is 11.6 Å². The molecule has 2 aromatic rings. The van der Waals surface area contributed by atoms with E-state index in [1.807, 2.05) is 43.3 Å². The van der Waals surface area contributed by atoms with Crippen LogP contribution in [0.4, 0.5) is 0 Å². The van der Waals surface area contributed by atoms with Gasteiger partial charge in [-0.1, -0.05) is 54.1 Å². The molecule has 0 fully saturated rings. The van der Waals surface area contributed by atoms with Crippen molar-refractivity contribution in [2.24, 2.45) is 15.9 Å². The normalized spacial score (nSPS) is 18.1. The Labute approximate surface area is 129 Å². The summed E-state index contributed by atoms with van der Waals surface area (Å²) < 4.78 is 0. The maximum Gasteiger partial charge on any atom is 0.123 e. The molecule has 0 spiro atoms. The molecular weight excluding hydrogens is 282 g/mol. The summed E-state index contributed by atoms with van der Waals surface area (Å²) in [4.78, 5) is 0. The molecule has 106 valence electrons. The Bertz CT molecular complexity index is 720. The fraction of sp³-hybridized carbons (Fsp3) is 0.176. The zero-order valence-electron chi connectivity index (χ0n) is 11.8. The predicted molar refractivity (Wildman–Crippen MR) is 88.1 cm³/mol. The molecule has 2 aromatic carbocycles. The smallest absolute Gasteiger partial charge is 0.123 e. The van der Waals surface area contributed by atoms with Crippen LogP contribution in [0.5, 0.6) is 0 Å². The van der Waals surface area contributed by atoms with Gasteiger partial charge < -0.3 is 5.73 Å². The first-order chi connectivity index (χ1) is 10.1. The average Bonchev–Trinajstić information content (AvgIpc) is 2.51. The van der Waals surface area contributed by atoms with Gasteiger partial charge in [0.2, 0.25) is 0 Å². The van der Waals surface area contributed by atoms with Crippen molar-refractivity contribution in [2.45, 2.75) is 19.3 Å². The average molecular weight is 298 g/mol. The molecular formula is C17H16ClN3. The zero-order chi connectivity index (χ0) is 14.8. The minimum Gasteiger partial charge on any atom is -0.386 e. The van der Waals surface area contributed by atoms with Gasteiger partial charge in [-0.05, 0) is 29.7 Å². The van der Waals surface area contributed by atoms with E-state index in [0.717, 1.165) is 21.9 Å². The van der Waals surface area contributed by atoms with Gasteiger partial charge >= 0.3 is 0 Å². The van der Waals surface area contributed by atoms with E-state index in [9.17, 15) is 0 Å². The standard InChI is InChI=1S/C17H16ClN3/c1-11-7-8-13(9-15(11)18)17-14(10-16(19)20-21-17)12-5-3-2-4-6-12/h2-9,14H,10H2,1H3,(H2,19,20). The zero-order valence-corrected chi connectivity index (χ0v) is 12.5. The molecule has 0 bridgehead atoms. The van der Waals surface area contributed by atoms with Crippen LogP contribution in [0.1, 0.15) is 29.0 Å². The maximum absolute atomic E-state index is 6.24. The van der Waals surface area contributed by atoms with Gasteiger partial charge in [-0.3, -0.25) is 0 Å². The van der Waals surface area contributed by atoms with Crippen molar-refractivity contribution in [3.8, 4) is 0 Å². The van der Waals surface area contributed by atoms with Gasteiger partial charge in [0.05, 0.1) is 5.71 Å². The van der Waals surface area contributed by atoms with Crippen LogP contribution in [-0.2, 0) is 0 Å². The Balaban J connectivity index is 2.06. The van der Waals surface area contributed by atoms with Gasteiger partial charge in [-0.15, -0.1) is 5.10 Å². The Morgan fingerprint density at radius 2 is 1.86 bits per heavy atom. The Hall–Kier alpha value is -2.13. The van der Waals surface area contributed by atoms with Crippen molar-refractivity contribution < 1.29 is 0 Å². The van der Waals surface area contributed by atoms with Crippen molar-refractivity contribution in [1.29, 1.82) is 0 Å². The Morgan fingerprint density at radius 3 is 2.57 bits per heavy atom. The molecule has 0 saturated carbocycles. The highest BCUT2D eigenvalue weighted by Crippen LogP contribution is 2.29. The second-order valence-corrected chi connectivity index (χ2v) is 5.62. The third-order valence-electron chi connectivity index (χ3n) is 3.70. The largest absolute Gasteiger partial charge is 0.386 e. The molecule has 2 N–H and O–H groups in total. The fourth-order valence-electron chi connectivity index (χ4n) is 2.51. The predicted octanol–water partition coefficient (Wildman–Crippen LogP) is 3.90. The molecule has 1 unspecified atom stereocenters. The van der Waals surface area contributed by atoms with E-state index in [-0.39, 0.29) is 5.92 Å². The molecule has 1 aliphatic rings. The molecule has 3 nitrogen and oxygen atoms in total. The molecule has 4 heteroatoms. The summed E-state index contributed by atoms with van der Waals surface area (Å²) in [6.07, 6.45) is 0.675. The molecule has 0 radical (unpaired) electrons. The maximum atomic E-state index is 6.24. The van der Waals surface area contributed by atoms with E-state index < -0.39 is 0 Å². The van der Waals surface area contributed by atoms with E-state index in [2.05, 4.69) is 22.3 Å². The van der Waals surface area contributed by atoms with Crippen LogP contribution in [-0.4, -0.2) is 11.5 Å². The van der Waals surface area contributed by atoms with E-state index in [0.29, 0.717) is 12.3 Å². The molecule has 0 amide bonds. The number of nitrogens with two attached hydrogens (primary N) is 1. The van der Waals surface area contributed by atoms with Crippen molar-refractivity contribution in [1.82, 2.24) is 0 Å². The highest BCUT2D eigenvalue weighted by atomic mass is 35.5. The molecule has 0 aliphatic carbocycles. The lowest BCUT2D eigenvalue weighted by atomic mass is 9.86. The molecule has 0 aromatic heterocycles. The number of hydrogen-bond donors (Lipinski definition) is 1. The number of hydrogen-bond acceptors (Lipinski definition) is 3. The quantitative estimate of drug-likeness (QED) is 0.898. The Morgan fingerprint density at radius 1 is 1.10 bits per heavy atom. The molecule has 0 saturated heterocycles. The second-order valence-electron chi connectivity index (χ2n) is 5.21. The van der Waals surface area contributed by atoms with Gasteiger partial charge in [-0.2, -0.15) is 5.10 Å². The van der Waals surface area contributed by atoms with Crippen LogP contribution in [0.15, 0.2) is 58.7 Å². The van der Waals surface area contributed by atoms with Crippen LogP contribution in [0.3, 0.4) is 0 Å². The summed E-state index contributed by atoms with van der Waals surface area (Å²) in [6, 6.07) is 16.2. The van der Waals surface area contributed by atoms with Gasteiger partial charge in [0.1, 0.15) is 5.84 Å². The van der Waals surface area contributed by atoms with E-state index in [4.69, 9.17) is 17.3 Å². The molecule has 1 heterocycles. The van der Waals surface area contributed by atoms with Gasteiger partial charge in [0, 0.05) is 17.4 Å². The summed E-state index contributed by atoms with van der Waals surface area (Å²) >= 11 is 6.24. The molecule has 1 atom stereocenters. The fourth-order valence-corrected chi connectivity index (χ4v) is 2.69. The number of benzene rings is 2. The highest BCUT2D eigenvalue weighted by molar-refractivity contribution is 6.31. The summed E-state index contributed by atoms with van der Waals surface area (Å²) in [6.45, 7) is 1.99. The van der Waals surface area contributed by atoms with Crippen molar-refractivity contribution in [2.75, 3.05) is 0 Å². The number of aryl methyl sites for hydroxylation is 1. The first-order valence-electron chi connectivity index (χ1n) is 6.86. The van der Waals surface area contributed by atoms with E-state index in [1.54, 1.807) is 0 Å². The van der Waals surface area contributed by atoms with Crippen LogP contribution in [0.2, 0.25) is 5.02 Å². The van der Waals surface area contributed by atoms with Crippen LogP contribution in [0, 0.1) is 6.92 Å². The highest BCUT2D eigenvalue weighted by Gasteiger charge is 2.24. The lowest BCUT2D eigenvalue weighted by molar-refractivity contribution is 0.887. The lowest BCUT2D eigenvalue weighted by Gasteiger charge is -2.22. The first kappa shape index (κ1) is 13.8. The van der Waals surface area contributed by atoms with Gasteiger partial charge in [-0.25, -0.2) is 0 Å². The number of nitrogens with zero attached hydrogens (tertiary/aromatic N) is 2. The first-order valence-corrected chi connectivity index (χ1v) is 7.24. The minimum atomic E-state index is 0.113. The summed E-state index contributed by atoms with van der Waals surface area (Å²) in [5.41, 5.74) is 10.0. The van der Waals surface area contributed by atoms with Crippen molar-refractivity contribution in [3.05, 3.63) is 70.2 Å². The Kier molecular flexibility index (Phi) is 3.76. The second kappa shape index (κ2) is 5.70. The van der Waals surface area contributed by atoms with Gasteiger partial charge in [0.15, 0.2) is 0 Å². The minimum absolute atomic E-state index is 0.113. The number of halogens is 1. The van der Waals surface area contributed by atoms with E-state index in [1.165, 1.54) is 5.56 Å². The van der Waals surface area contributed by atoms with Crippen LogP contribution < -0.4 is 5.73 Å². The summed E-state index contributed by atoms with van der Waals surface area (Å²) in [5.74, 6) is 0.674. The number of amidine groups is 1. The summed E-state index contributed by atoms with van der Waals surface area (Å²) in [5, 5.41) is 9.13. The topological polar surface area (TPSA) is 50.7 Å². The van der Waals surface area contributed by atoms with Gasteiger partial charge in [0.25, 0.3) is 0 Å². The van der Waals surface area contributed by atoms with Crippen LogP contribution in [0.25, 0.3) is 0 Å². The van der Waals surface area contributed by atoms with E-state index >= 15 is 0 Å². The third kappa shape index (κ3) is 2.83. The monoisotopic (exact) mass is 297 g/mol. The lowest BCUT2D eigenvalue weighted by Crippen LogP contribution is -2.25. The molecule has 3 rings (SSSR count). The summed E-state index contributed by atoms with van der Waals surface area (Å²) in [7, 11) is 0.